The number of aryl methyl sites for hydroxylation is 3. The van der Waals surface area contributed by atoms with E-state index in [0.717, 1.165) is 12.8 Å². The highest BCUT2D eigenvalue weighted by Crippen LogP contribution is 2.35. The van der Waals surface area contributed by atoms with E-state index in [0.29, 0.717) is 0 Å². The summed E-state index contributed by atoms with van der Waals surface area (Å²) in [4.78, 5) is 2.35. The molecule has 0 saturated carbocycles. The van der Waals surface area contributed by atoms with E-state index in [2.05, 4.69) is 123 Å². The number of nitrogens with zero attached hydrogens (tertiary/aromatic N) is 1. The average Bonchev–Trinajstić information content (AvgIpc) is 2.77. The minimum Gasteiger partial charge on any atom is -0.310 e. The Labute approximate surface area is 180 Å². The highest BCUT2D eigenvalue weighted by atomic mass is 15.1. The van der Waals surface area contributed by atoms with Gasteiger partial charge in [-0.15, -0.1) is 0 Å². The lowest BCUT2D eigenvalue weighted by atomic mass is 10.0. The maximum Gasteiger partial charge on any atom is 0.0464 e. The maximum atomic E-state index is 2.35. The molecule has 150 valence electrons. The van der Waals surface area contributed by atoms with Crippen LogP contribution in [0, 0.1) is 13.8 Å². The molecule has 0 amide bonds. The summed E-state index contributed by atoms with van der Waals surface area (Å²) in [6.45, 7) is 6.55. The molecule has 0 aromatic heterocycles. The van der Waals surface area contributed by atoms with Crippen molar-refractivity contribution >= 4 is 17.1 Å². The largest absolute Gasteiger partial charge is 0.310 e. The Morgan fingerprint density at radius 2 is 1.17 bits per heavy atom. The van der Waals surface area contributed by atoms with Crippen molar-refractivity contribution in [3.8, 4) is 0 Å². The molecule has 4 rings (SSSR count). The Bertz CT molecular complexity index is 1090. The van der Waals surface area contributed by atoms with Gasteiger partial charge in [-0.1, -0.05) is 73.2 Å². The molecule has 0 bridgehead atoms. The van der Waals surface area contributed by atoms with Gasteiger partial charge in [-0.05, 0) is 85.3 Å². The Balaban J connectivity index is 1.70. The first-order valence-corrected chi connectivity index (χ1v) is 10.7. The number of benzene rings is 4. The van der Waals surface area contributed by atoms with Gasteiger partial charge in [0, 0.05) is 17.1 Å². The van der Waals surface area contributed by atoms with E-state index in [1.165, 1.54) is 44.9 Å². The van der Waals surface area contributed by atoms with Crippen molar-refractivity contribution in [2.75, 3.05) is 4.90 Å². The minimum absolute atomic E-state index is 0.954. The third-order valence-electron chi connectivity index (χ3n) is 5.70. The van der Waals surface area contributed by atoms with E-state index in [9.17, 15) is 0 Å². The lowest BCUT2D eigenvalue weighted by Gasteiger charge is -2.26. The molecule has 4 aromatic rings. The maximum absolute atomic E-state index is 2.35. The topological polar surface area (TPSA) is 3.24 Å². The van der Waals surface area contributed by atoms with Crippen molar-refractivity contribution in [2.24, 2.45) is 0 Å². The molecule has 30 heavy (non-hydrogen) atoms. The van der Waals surface area contributed by atoms with Gasteiger partial charge in [-0.25, -0.2) is 0 Å². The molecule has 0 spiro atoms. The monoisotopic (exact) mass is 391 g/mol. The fourth-order valence-corrected chi connectivity index (χ4v) is 3.95. The van der Waals surface area contributed by atoms with Crippen LogP contribution in [0.15, 0.2) is 97.1 Å². The summed E-state index contributed by atoms with van der Waals surface area (Å²) in [5, 5.41) is 0. The molecule has 0 atom stereocenters. The van der Waals surface area contributed by atoms with Crippen LogP contribution in [-0.2, 0) is 12.8 Å². The second kappa shape index (κ2) is 9.00. The van der Waals surface area contributed by atoms with E-state index in [1.54, 1.807) is 0 Å². The molecule has 1 nitrogen and oxygen atoms in total. The van der Waals surface area contributed by atoms with E-state index < -0.39 is 0 Å². The first-order chi connectivity index (χ1) is 14.6. The van der Waals surface area contributed by atoms with E-state index in [1.807, 2.05) is 0 Å². The van der Waals surface area contributed by atoms with Gasteiger partial charge in [0.1, 0.15) is 0 Å². The SMILES string of the molecule is CCc1ccc(N(c2ccc(C)cc2)c2ccc(Cc3ccccc3)cc2)cc1C. The van der Waals surface area contributed by atoms with Gasteiger partial charge in [0.2, 0.25) is 0 Å². The van der Waals surface area contributed by atoms with E-state index in [-0.39, 0.29) is 0 Å². The van der Waals surface area contributed by atoms with Crippen molar-refractivity contribution < 1.29 is 0 Å². The molecule has 0 saturated heterocycles. The molecule has 0 unspecified atom stereocenters. The molecule has 0 radical (unpaired) electrons. The van der Waals surface area contributed by atoms with Crippen LogP contribution in [0.4, 0.5) is 17.1 Å². The molecule has 0 N–H and O–H groups in total. The van der Waals surface area contributed by atoms with Crippen LogP contribution in [-0.4, -0.2) is 0 Å². The third kappa shape index (κ3) is 4.46. The minimum atomic E-state index is 0.954. The highest BCUT2D eigenvalue weighted by Gasteiger charge is 2.13. The van der Waals surface area contributed by atoms with Gasteiger partial charge < -0.3 is 4.90 Å². The second-order valence-corrected chi connectivity index (χ2v) is 7.96. The zero-order valence-electron chi connectivity index (χ0n) is 18.1. The van der Waals surface area contributed by atoms with Crippen LogP contribution < -0.4 is 4.90 Å². The molecule has 0 aliphatic carbocycles. The van der Waals surface area contributed by atoms with Crippen molar-refractivity contribution in [3.63, 3.8) is 0 Å². The van der Waals surface area contributed by atoms with Gasteiger partial charge in [-0.2, -0.15) is 0 Å². The Morgan fingerprint density at radius 3 is 1.77 bits per heavy atom. The molecular formula is C29H29N. The van der Waals surface area contributed by atoms with Crippen LogP contribution in [0.3, 0.4) is 0 Å². The summed E-state index contributed by atoms with van der Waals surface area (Å²) >= 11 is 0. The highest BCUT2D eigenvalue weighted by molar-refractivity contribution is 5.77. The Kier molecular flexibility index (Phi) is 5.99. The lowest BCUT2D eigenvalue weighted by Crippen LogP contribution is -2.10. The van der Waals surface area contributed by atoms with Gasteiger partial charge in [0.15, 0.2) is 0 Å². The fraction of sp³-hybridized carbons (Fsp3) is 0.172. The molecule has 1 heteroatoms. The second-order valence-electron chi connectivity index (χ2n) is 7.96. The van der Waals surface area contributed by atoms with Crippen LogP contribution in [0.1, 0.15) is 34.7 Å². The van der Waals surface area contributed by atoms with Gasteiger partial charge >= 0.3 is 0 Å². The quantitative estimate of drug-likeness (QED) is 0.322. The van der Waals surface area contributed by atoms with Crippen molar-refractivity contribution in [1.29, 1.82) is 0 Å². The normalized spacial score (nSPS) is 10.8. The smallest absolute Gasteiger partial charge is 0.0464 e. The number of rotatable bonds is 6. The summed E-state index contributed by atoms with van der Waals surface area (Å²) < 4.78 is 0. The van der Waals surface area contributed by atoms with Gasteiger partial charge in [0.05, 0.1) is 0 Å². The van der Waals surface area contributed by atoms with E-state index in [4.69, 9.17) is 0 Å². The predicted octanol–water partition coefficient (Wildman–Crippen LogP) is 7.93. The molecule has 0 heterocycles. The van der Waals surface area contributed by atoms with Crippen LogP contribution in [0.25, 0.3) is 0 Å². The average molecular weight is 392 g/mol. The van der Waals surface area contributed by atoms with Crippen molar-refractivity contribution in [3.05, 3.63) is 125 Å². The van der Waals surface area contributed by atoms with Gasteiger partial charge in [0.25, 0.3) is 0 Å². The molecule has 4 aromatic carbocycles. The molecule has 0 aliphatic heterocycles. The van der Waals surface area contributed by atoms with Crippen molar-refractivity contribution in [2.45, 2.75) is 33.6 Å². The van der Waals surface area contributed by atoms with Crippen LogP contribution in [0.5, 0.6) is 0 Å². The number of hydrogen-bond donors (Lipinski definition) is 0. The van der Waals surface area contributed by atoms with Crippen LogP contribution in [0.2, 0.25) is 0 Å². The van der Waals surface area contributed by atoms with Crippen molar-refractivity contribution in [1.82, 2.24) is 0 Å². The first-order valence-electron chi connectivity index (χ1n) is 10.7. The number of anilines is 3. The summed E-state index contributed by atoms with van der Waals surface area (Å²) in [5.41, 5.74) is 10.2. The molecular weight excluding hydrogens is 362 g/mol. The summed E-state index contributed by atoms with van der Waals surface area (Å²) in [7, 11) is 0. The molecule has 0 fully saturated rings. The zero-order valence-corrected chi connectivity index (χ0v) is 18.1. The lowest BCUT2D eigenvalue weighted by molar-refractivity contribution is 1.10. The van der Waals surface area contributed by atoms with Crippen LogP contribution >= 0.6 is 0 Å². The summed E-state index contributed by atoms with van der Waals surface area (Å²) in [6.07, 6.45) is 2.01. The fourth-order valence-electron chi connectivity index (χ4n) is 3.95. The Hall–Kier alpha value is -3.32. The predicted molar refractivity (Wildman–Crippen MR) is 129 cm³/mol. The summed E-state index contributed by atoms with van der Waals surface area (Å²) in [6, 6.07) is 35.2. The molecule has 0 aliphatic rings. The van der Waals surface area contributed by atoms with Gasteiger partial charge in [-0.3, -0.25) is 0 Å². The third-order valence-corrected chi connectivity index (χ3v) is 5.70. The summed E-state index contributed by atoms with van der Waals surface area (Å²) in [5.74, 6) is 0. The standard InChI is InChI=1S/C29H29N/c1-4-26-14-19-29(20-23(26)3)30(27-15-10-22(2)11-16-27)28-17-12-25(13-18-28)21-24-8-6-5-7-9-24/h5-20H,4,21H2,1-3H3. The zero-order chi connectivity index (χ0) is 20.9. The number of hydrogen-bond acceptors (Lipinski definition) is 1. The Morgan fingerprint density at radius 1 is 0.600 bits per heavy atom. The first kappa shape index (κ1) is 20.0. The van der Waals surface area contributed by atoms with E-state index >= 15 is 0 Å².